The Morgan fingerprint density at radius 3 is 2.83 bits per heavy atom. The largest absolute Gasteiger partial charge is 0.492 e. The Labute approximate surface area is 171 Å². The van der Waals surface area contributed by atoms with Crippen molar-refractivity contribution in [3.8, 4) is 28.8 Å². The number of hydrogen-bond acceptors (Lipinski definition) is 8. The number of carbonyl (C=O) groups is 1. The average Bonchev–Trinajstić information content (AvgIpc) is 3.32. The molecule has 2 atom stereocenters. The van der Waals surface area contributed by atoms with E-state index in [1.165, 1.54) is 17.7 Å². The Bertz CT molecular complexity index is 1060. The molecule has 0 saturated heterocycles. The number of ether oxygens (including phenoxy) is 1. The first-order valence-corrected chi connectivity index (χ1v) is 9.67. The van der Waals surface area contributed by atoms with Gasteiger partial charge in [0.2, 0.25) is 12.3 Å². The molecule has 4 rings (SSSR count). The van der Waals surface area contributed by atoms with Crippen LogP contribution in [0.15, 0.2) is 29.0 Å². The molecular formula is C20H20N4O4S. The van der Waals surface area contributed by atoms with Crippen molar-refractivity contribution in [2.75, 3.05) is 6.61 Å². The summed E-state index contributed by atoms with van der Waals surface area (Å²) in [6.45, 7) is 5.90. The highest BCUT2D eigenvalue weighted by Crippen LogP contribution is 2.41. The number of aliphatic hydroxyl groups excluding tert-OH is 1. The molecular weight excluding hydrogens is 392 g/mol. The molecule has 3 heterocycles. The van der Waals surface area contributed by atoms with Crippen LogP contribution in [-0.2, 0) is 0 Å². The Morgan fingerprint density at radius 1 is 1.45 bits per heavy atom. The van der Waals surface area contributed by atoms with Crippen LogP contribution in [0.4, 0.5) is 0 Å². The van der Waals surface area contributed by atoms with E-state index >= 15 is 0 Å². The lowest BCUT2D eigenvalue weighted by Gasteiger charge is -2.08. The summed E-state index contributed by atoms with van der Waals surface area (Å²) in [6.07, 6.45) is 0.608. The maximum atomic E-state index is 11.5. The second kappa shape index (κ2) is 8.86. The highest BCUT2D eigenvalue weighted by atomic mass is 32.1. The second-order valence-electron chi connectivity index (χ2n) is 6.42. The van der Waals surface area contributed by atoms with E-state index < -0.39 is 12.0 Å². The number of fused-ring (bicyclic) bond motifs is 3. The minimum absolute atomic E-state index is 0.120. The van der Waals surface area contributed by atoms with Crippen LogP contribution < -0.4 is 10.5 Å². The molecule has 0 radical (unpaired) electrons. The van der Waals surface area contributed by atoms with Crippen molar-refractivity contribution in [1.29, 1.82) is 0 Å². The number of nitrogens with zero attached hydrogens (tertiary/aromatic N) is 3. The molecule has 3 N–H and O–H groups in total. The Hall–Kier alpha value is -3.22. The van der Waals surface area contributed by atoms with Crippen molar-refractivity contribution in [3.05, 3.63) is 45.9 Å². The molecule has 1 aliphatic rings. The summed E-state index contributed by atoms with van der Waals surface area (Å²) in [7, 11) is 0. The fraction of sp³-hybridized carbons (Fsp3) is 0.300. The number of thiazole rings is 1. The molecule has 1 amide bonds. The Morgan fingerprint density at radius 2 is 2.24 bits per heavy atom. The highest BCUT2D eigenvalue weighted by molar-refractivity contribution is 7.14. The molecule has 29 heavy (non-hydrogen) atoms. The fourth-order valence-electron chi connectivity index (χ4n) is 2.59. The third kappa shape index (κ3) is 4.99. The summed E-state index contributed by atoms with van der Waals surface area (Å²) >= 11 is 1.31. The number of rotatable bonds is 1. The zero-order chi connectivity index (χ0) is 21.0. The van der Waals surface area contributed by atoms with Crippen molar-refractivity contribution in [2.24, 2.45) is 5.73 Å². The predicted octanol–water partition coefficient (Wildman–Crippen LogP) is 2.52. The van der Waals surface area contributed by atoms with Gasteiger partial charge in [-0.2, -0.15) is 0 Å². The van der Waals surface area contributed by atoms with Gasteiger partial charge < -0.3 is 20.0 Å². The van der Waals surface area contributed by atoms with E-state index in [9.17, 15) is 9.90 Å². The fourth-order valence-corrected chi connectivity index (χ4v) is 3.56. The van der Waals surface area contributed by atoms with E-state index in [1.807, 2.05) is 25.1 Å². The number of hydrogen-bond donors (Lipinski definition) is 2. The van der Waals surface area contributed by atoms with Crippen LogP contribution in [0.2, 0.25) is 0 Å². The van der Waals surface area contributed by atoms with Gasteiger partial charge in [-0.15, -0.1) is 21.5 Å². The van der Waals surface area contributed by atoms with Gasteiger partial charge in [0.1, 0.15) is 11.9 Å². The minimum atomic E-state index is -0.693. The lowest BCUT2D eigenvalue weighted by molar-refractivity contribution is 0.1000. The van der Waals surface area contributed by atoms with Crippen molar-refractivity contribution in [3.63, 3.8) is 0 Å². The van der Waals surface area contributed by atoms with E-state index in [2.05, 4.69) is 31.4 Å². The maximum Gasteiger partial charge on any atom is 0.277 e. The van der Waals surface area contributed by atoms with Crippen molar-refractivity contribution < 1.29 is 19.1 Å². The van der Waals surface area contributed by atoms with E-state index in [4.69, 9.17) is 10.5 Å². The van der Waals surface area contributed by atoms with Crippen LogP contribution in [0.5, 0.6) is 5.75 Å². The zero-order valence-electron chi connectivity index (χ0n) is 16.2. The summed E-state index contributed by atoms with van der Waals surface area (Å²) in [6, 6.07) is 5.55. The van der Waals surface area contributed by atoms with Crippen molar-refractivity contribution in [1.82, 2.24) is 15.2 Å². The van der Waals surface area contributed by atoms with Gasteiger partial charge in [0.15, 0.2) is 5.01 Å². The second-order valence-corrected chi connectivity index (χ2v) is 7.45. The van der Waals surface area contributed by atoms with Gasteiger partial charge >= 0.3 is 0 Å². The molecule has 0 aliphatic carbocycles. The molecule has 2 unspecified atom stereocenters. The molecule has 0 spiro atoms. The van der Waals surface area contributed by atoms with Crippen molar-refractivity contribution >= 4 is 17.2 Å². The van der Waals surface area contributed by atoms with Gasteiger partial charge in [0.05, 0.1) is 12.3 Å². The van der Waals surface area contributed by atoms with E-state index in [0.29, 0.717) is 23.3 Å². The van der Waals surface area contributed by atoms with Crippen LogP contribution in [0.3, 0.4) is 0 Å². The minimum Gasteiger partial charge on any atom is -0.492 e. The van der Waals surface area contributed by atoms with Crippen LogP contribution in [0.25, 0.3) is 11.3 Å². The lowest BCUT2D eigenvalue weighted by atomic mass is 10.0. The number of aliphatic hydroxyl groups is 1. The first kappa shape index (κ1) is 20.5. The summed E-state index contributed by atoms with van der Waals surface area (Å²) in [5, 5.41) is 16.5. The third-order valence-corrected chi connectivity index (χ3v) is 5.23. The van der Waals surface area contributed by atoms with Gasteiger partial charge in [0.25, 0.3) is 5.91 Å². The number of amides is 1. The normalized spacial score (nSPS) is 15.2. The molecule has 0 saturated carbocycles. The van der Waals surface area contributed by atoms with Crippen LogP contribution in [-0.4, -0.2) is 38.9 Å². The van der Waals surface area contributed by atoms with Gasteiger partial charge in [-0.1, -0.05) is 18.8 Å². The monoisotopic (exact) mass is 412 g/mol. The summed E-state index contributed by atoms with van der Waals surface area (Å²) in [5.74, 6) is 6.54. The number of nitrogens with two attached hydrogens (primary N) is 1. The number of aryl methyl sites for hydroxylation is 1. The lowest BCUT2D eigenvalue weighted by Crippen LogP contribution is -2.10. The third-order valence-electron chi connectivity index (χ3n) is 3.93. The van der Waals surface area contributed by atoms with Crippen LogP contribution >= 0.6 is 11.3 Å². The summed E-state index contributed by atoms with van der Waals surface area (Å²) < 4.78 is 10.4. The average molecular weight is 412 g/mol. The molecule has 1 aliphatic heterocycles. The van der Waals surface area contributed by atoms with Crippen molar-refractivity contribution in [2.45, 2.75) is 32.8 Å². The van der Waals surface area contributed by atoms with E-state index in [-0.39, 0.29) is 5.92 Å². The van der Waals surface area contributed by atoms with E-state index in [0.717, 1.165) is 21.7 Å². The number of aromatic nitrogens is 3. The standard InChI is InChI=1S/C17H16N2O3S.C3H4N2O/c1-9-8-22-13-6-5-11(4-3-10(2)20)7-12(13)14-15(9)23-17(19-14)16(18)21;1-3-5-4-2-6-3/h5-7,9-10,20H,8H2,1-2H3,(H2,18,21);2H,1H3. The highest BCUT2D eigenvalue weighted by Gasteiger charge is 2.26. The predicted molar refractivity (Wildman–Crippen MR) is 108 cm³/mol. The molecule has 8 nitrogen and oxygen atoms in total. The van der Waals surface area contributed by atoms with Crippen LogP contribution in [0.1, 0.15) is 45.9 Å². The topological polar surface area (TPSA) is 124 Å². The Kier molecular flexibility index (Phi) is 6.26. The molecule has 0 fully saturated rings. The molecule has 150 valence electrons. The number of carbonyl (C=O) groups excluding carboxylic acids is 1. The number of benzene rings is 1. The molecule has 9 heteroatoms. The first-order valence-electron chi connectivity index (χ1n) is 8.85. The maximum absolute atomic E-state index is 11.5. The summed E-state index contributed by atoms with van der Waals surface area (Å²) in [5.41, 5.74) is 7.64. The van der Waals surface area contributed by atoms with Gasteiger partial charge in [-0.3, -0.25) is 4.79 Å². The molecule has 2 aromatic heterocycles. The van der Waals surface area contributed by atoms with Crippen LogP contribution in [0, 0.1) is 18.8 Å². The first-order chi connectivity index (χ1) is 13.8. The van der Waals surface area contributed by atoms with Gasteiger partial charge in [-0.05, 0) is 25.1 Å². The smallest absolute Gasteiger partial charge is 0.277 e. The molecule has 3 aromatic rings. The summed E-state index contributed by atoms with van der Waals surface area (Å²) in [4.78, 5) is 16.8. The Balaban J connectivity index is 0.000000343. The van der Waals surface area contributed by atoms with Gasteiger partial charge in [0, 0.05) is 28.8 Å². The zero-order valence-corrected chi connectivity index (χ0v) is 17.0. The molecule has 0 bridgehead atoms. The van der Waals surface area contributed by atoms with E-state index in [1.54, 1.807) is 13.8 Å². The SMILES string of the molecule is CC(O)C#Cc1ccc2c(c1)-c1nc(C(N)=O)sc1C(C)CO2.Cc1nnco1. The molecule has 1 aromatic carbocycles. The van der Waals surface area contributed by atoms with Gasteiger partial charge in [-0.25, -0.2) is 4.98 Å². The number of primary amides is 1. The quantitative estimate of drug-likeness (QED) is 0.588.